The molecule has 0 saturated heterocycles. The maximum Gasteiger partial charge on any atom is 0.0434 e. The average molecular weight is 360 g/mol. The van der Waals surface area contributed by atoms with Crippen LogP contribution in [0.1, 0.15) is 0 Å². The molecule has 0 aliphatic carbocycles. The molecule has 1 aromatic heterocycles. The van der Waals surface area contributed by atoms with Crippen molar-refractivity contribution in [2.24, 2.45) is 0 Å². The minimum Gasteiger partial charge on any atom is -0.135 e. The van der Waals surface area contributed by atoms with Crippen molar-refractivity contribution in [1.82, 2.24) is 0 Å². The minimum absolute atomic E-state index is 1.26. The van der Waals surface area contributed by atoms with Gasteiger partial charge in [-0.25, -0.2) is 0 Å². The van der Waals surface area contributed by atoms with Crippen LogP contribution < -0.4 is 0 Å². The number of rotatable bonds is 1. The largest absolute Gasteiger partial charge is 0.135 e. The quantitative estimate of drug-likeness (QED) is 0.260. The van der Waals surface area contributed by atoms with Crippen LogP contribution in [0.4, 0.5) is 0 Å². The molecule has 126 valence electrons. The van der Waals surface area contributed by atoms with Crippen LogP contribution in [0, 0.1) is 0 Å². The third-order valence-corrected chi connectivity index (χ3v) is 6.68. The summed E-state index contributed by atoms with van der Waals surface area (Å²) < 4.78 is 2.75. The van der Waals surface area contributed by atoms with Crippen LogP contribution in [0.2, 0.25) is 0 Å². The van der Waals surface area contributed by atoms with Gasteiger partial charge in [0.15, 0.2) is 0 Å². The van der Waals surface area contributed by atoms with Crippen LogP contribution in [0.25, 0.3) is 52.8 Å². The Morgan fingerprint density at radius 2 is 1.15 bits per heavy atom. The second-order valence-corrected chi connectivity index (χ2v) is 8.06. The van der Waals surface area contributed by atoms with Crippen molar-refractivity contribution >= 4 is 53.1 Å². The molecule has 1 heterocycles. The lowest BCUT2D eigenvalue weighted by Crippen LogP contribution is -1.81. The topological polar surface area (TPSA) is 0 Å². The Morgan fingerprint density at radius 1 is 0.444 bits per heavy atom. The van der Waals surface area contributed by atoms with Gasteiger partial charge in [0.05, 0.1) is 0 Å². The van der Waals surface area contributed by atoms with Crippen molar-refractivity contribution in [3.8, 4) is 11.1 Å². The maximum absolute atomic E-state index is 2.30. The third-order valence-electron chi connectivity index (χ3n) is 5.46. The van der Waals surface area contributed by atoms with Crippen LogP contribution in [-0.4, -0.2) is 0 Å². The van der Waals surface area contributed by atoms with Crippen LogP contribution in [-0.2, 0) is 0 Å². The molecule has 0 aliphatic rings. The first-order valence-electron chi connectivity index (χ1n) is 9.21. The summed E-state index contributed by atoms with van der Waals surface area (Å²) in [5.74, 6) is 0. The summed E-state index contributed by atoms with van der Waals surface area (Å²) in [5, 5.41) is 8.04. The van der Waals surface area contributed by atoms with Gasteiger partial charge in [-0.15, -0.1) is 11.3 Å². The molecule has 0 fully saturated rings. The van der Waals surface area contributed by atoms with Gasteiger partial charge in [0.1, 0.15) is 0 Å². The molecular weight excluding hydrogens is 344 g/mol. The van der Waals surface area contributed by atoms with Gasteiger partial charge >= 0.3 is 0 Å². The van der Waals surface area contributed by atoms with Crippen molar-refractivity contribution < 1.29 is 0 Å². The summed E-state index contributed by atoms with van der Waals surface area (Å²) >= 11 is 1.90. The molecule has 0 aliphatic heterocycles. The first-order valence-corrected chi connectivity index (χ1v) is 10.0. The summed E-state index contributed by atoms with van der Waals surface area (Å²) in [6.07, 6.45) is 0. The van der Waals surface area contributed by atoms with Crippen LogP contribution >= 0.6 is 11.3 Å². The van der Waals surface area contributed by atoms with Crippen LogP contribution in [0.3, 0.4) is 0 Å². The van der Waals surface area contributed by atoms with Crippen molar-refractivity contribution in [3.05, 3.63) is 97.1 Å². The molecule has 0 radical (unpaired) electrons. The van der Waals surface area contributed by atoms with Gasteiger partial charge < -0.3 is 0 Å². The van der Waals surface area contributed by atoms with Crippen molar-refractivity contribution in [2.45, 2.75) is 0 Å². The molecule has 0 saturated carbocycles. The van der Waals surface area contributed by atoms with Crippen LogP contribution in [0.15, 0.2) is 97.1 Å². The zero-order valence-corrected chi connectivity index (χ0v) is 15.5. The van der Waals surface area contributed by atoms with E-state index in [1.165, 1.54) is 52.8 Å². The predicted octanol–water partition coefficient (Wildman–Crippen LogP) is 8.03. The summed E-state index contributed by atoms with van der Waals surface area (Å²) in [6, 6.07) is 35.3. The Morgan fingerprint density at radius 3 is 2.07 bits per heavy atom. The number of hydrogen-bond donors (Lipinski definition) is 0. The second kappa shape index (κ2) is 5.67. The first-order chi connectivity index (χ1) is 13.4. The monoisotopic (exact) mass is 360 g/mol. The molecule has 0 spiro atoms. The molecular formula is C26H16S. The Hall–Kier alpha value is -3.16. The van der Waals surface area contributed by atoms with Crippen molar-refractivity contribution in [1.29, 1.82) is 0 Å². The van der Waals surface area contributed by atoms with E-state index in [0.29, 0.717) is 0 Å². The molecule has 1 heteroatoms. The van der Waals surface area contributed by atoms with E-state index in [1.807, 2.05) is 11.3 Å². The van der Waals surface area contributed by atoms with E-state index >= 15 is 0 Å². The summed E-state index contributed by atoms with van der Waals surface area (Å²) in [4.78, 5) is 0. The fraction of sp³-hybridized carbons (Fsp3) is 0. The van der Waals surface area contributed by atoms with Gasteiger partial charge in [0.2, 0.25) is 0 Å². The van der Waals surface area contributed by atoms with Gasteiger partial charge in [-0.2, -0.15) is 0 Å². The molecule has 0 atom stereocenters. The molecule has 6 aromatic rings. The number of hydrogen-bond acceptors (Lipinski definition) is 1. The maximum atomic E-state index is 2.30. The molecule has 6 rings (SSSR count). The van der Waals surface area contributed by atoms with Gasteiger partial charge in [-0.1, -0.05) is 84.9 Å². The van der Waals surface area contributed by atoms with Crippen LogP contribution in [0.5, 0.6) is 0 Å². The number of benzene rings is 5. The SMILES string of the molecule is c1ccc(-c2ccc3c(ccc4c3ccc3c5ccccc5sc34)c2)cc1. The fourth-order valence-electron chi connectivity index (χ4n) is 4.14. The van der Waals surface area contributed by atoms with Crippen molar-refractivity contribution in [3.63, 3.8) is 0 Å². The van der Waals surface area contributed by atoms with E-state index in [1.54, 1.807) is 0 Å². The Labute approximate surface area is 161 Å². The highest BCUT2D eigenvalue weighted by Crippen LogP contribution is 2.40. The van der Waals surface area contributed by atoms with Gasteiger partial charge in [-0.05, 0) is 39.4 Å². The molecule has 0 unspecified atom stereocenters. The van der Waals surface area contributed by atoms with E-state index in [-0.39, 0.29) is 0 Å². The Bertz CT molecular complexity index is 1460. The van der Waals surface area contributed by atoms with E-state index < -0.39 is 0 Å². The molecule has 0 N–H and O–H groups in total. The van der Waals surface area contributed by atoms with Crippen molar-refractivity contribution in [2.75, 3.05) is 0 Å². The van der Waals surface area contributed by atoms with Gasteiger partial charge in [0.25, 0.3) is 0 Å². The minimum atomic E-state index is 1.26. The summed E-state index contributed by atoms with van der Waals surface area (Å²) in [5.41, 5.74) is 2.53. The second-order valence-electron chi connectivity index (χ2n) is 7.00. The summed E-state index contributed by atoms with van der Waals surface area (Å²) in [7, 11) is 0. The summed E-state index contributed by atoms with van der Waals surface area (Å²) in [6.45, 7) is 0. The zero-order valence-electron chi connectivity index (χ0n) is 14.6. The Kier molecular flexibility index (Phi) is 3.14. The highest BCUT2D eigenvalue weighted by Gasteiger charge is 2.10. The van der Waals surface area contributed by atoms with E-state index in [0.717, 1.165) is 0 Å². The molecule has 27 heavy (non-hydrogen) atoms. The molecule has 0 amide bonds. The standard InChI is InChI=1S/C26H16S/c1-2-6-17(7-3-1)18-10-12-20-19(16-18)11-13-23-21(20)14-15-24-22-8-4-5-9-25(22)27-26(23)24/h1-16H. The third kappa shape index (κ3) is 2.22. The van der Waals surface area contributed by atoms with Gasteiger partial charge in [-0.3, -0.25) is 0 Å². The lowest BCUT2D eigenvalue weighted by molar-refractivity contribution is 1.65. The van der Waals surface area contributed by atoms with E-state index in [9.17, 15) is 0 Å². The first kappa shape index (κ1) is 15.0. The zero-order chi connectivity index (χ0) is 17.8. The average Bonchev–Trinajstić information content (AvgIpc) is 3.13. The lowest BCUT2D eigenvalue weighted by atomic mass is 9.96. The van der Waals surface area contributed by atoms with E-state index in [4.69, 9.17) is 0 Å². The highest BCUT2D eigenvalue weighted by atomic mass is 32.1. The molecule has 0 nitrogen and oxygen atoms in total. The highest BCUT2D eigenvalue weighted by molar-refractivity contribution is 7.26. The lowest BCUT2D eigenvalue weighted by Gasteiger charge is -2.08. The Balaban J connectivity index is 1.66. The number of fused-ring (bicyclic) bond motifs is 7. The molecule has 5 aromatic carbocycles. The number of thiophene rings is 1. The van der Waals surface area contributed by atoms with E-state index in [2.05, 4.69) is 97.1 Å². The predicted molar refractivity (Wildman–Crippen MR) is 120 cm³/mol. The van der Waals surface area contributed by atoms with Gasteiger partial charge in [0, 0.05) is 25.6 Å². The fourth-order valence-corrected chi connectivity index (χ4v) is 5.37. The normalized spacial score (nSPS) is 11.7. The molecule has 0 bridgehead atoms. The smallest absolute Gasteiger partial charge is 0.0434 e.